The summed E-state index contributed by atoms with van der Waals surface area (Å²) in [7, 11) is 0. The van der Waals surface area contributed by atoms with Gasteiger partial charge in [-0.1, -0.05) is 12.1 Å². The molecule has 0 spiro atoms. The zero-order valence-electron chi connectivity index (χ0n) is 9.69. The fourth-order valence-corrected chi connectivity index (χ4v) is 1.28. The molecule has 1 amide bonds. The molecule has 1 aromatic carbocycles. The van der Waals surface area contributed by atoms with Crippen LogP contribution in [-0.2, 0) is 9.59 Å². The number of carbonyl (C=O) groups excluding carboxylic acids is 3. The van der Waals surface area contributed by atoms with Crippen LogP contribution in [0.1, 0.15) is 24.2 Å². The fourth-order valence-electron chi connectivity index (χ4n) is 1.28. The summed E-state index contributed by atoms with van der Waals surface area (Å²) < 4.78 is 0. The summed E-state index contributed by atoms with van der Waals surface area (Å²) >= 11 is 0. The van der Waals surface area contributed by atoms with Crippen LogP contribution in [0.3, 0.4) is 0 Å². The summed E-state index contributed by atoms with van der Waals surface area (Å²) in [5, 5.41) is 2.56. The highest BCUT2D eigenvalue weighted by atomic mass is 16.1. The standard InChI is InChI=1S/C13H13NO3/c1-9(15)7-8-13(17)11-5-3-4-6-12(11)14-10(2)16/h3-8H,1-2H3,(H,14,16)/b8-7+. The van der Waals surface area contributed by atoms with Crippen molar-refractivity contribution in [2.24, 2.45) is 0 Å². The van der Waals surface area contributed by atoms with Gasteiger partial charge >= 0.3 is 0 Å². The van der Waals surface area contributed by atoms with Gasteiger partial charge in [-0.15, -0.1) is 0 Å². The maximum atomic E-state index is 11.8. The number of carbonyl (C=O) groups is 3. The van der Waals surface area contributed by atoms with E-state index in [1.807, 2.05) is 0 Å². The highest BCUT2D eigenvalue weighted by molar-refractivity contribution is 6.12. The van der Waals surface area contributed by atoms with E-state index >= 15 is 0 Å². The van der Waals surface area contributed by atoms with Crippen molar-refractivity contribution in [2.45, 2.75) is 13.8 Å². The molecule has 0 aliphatic heterocycles. The summed E-state index contributed by atoms with van der Waals surface area (Å²) in [6, 6.07) is 6.64. The second-order valence-electron chi connectivity index (χ2n) is 3.54. The smallest absolute Gasteiger partial charge is 0.221 e. The molecular formula is C13H13NO3. The van der Waals surface area contributed by atoms with Crippen LogP contribution in [0, 0.1) is 0 Å². The number of rotatable bonds is 4. The summed E-state index contributed by atoms with van der Waals surface area (Å²) in [6.45, 7) is 2.73. The molecule has 0 aromatic heterocycles. The van der Waals surface area contributed by atoms with Gasteiger partial charge in [0.1, 0.15) is 0 Å². The molecule has 0 radical (unpaired) electrons. The van der Waals surface area contributed by atoms with Crippen molar-refractivity contribution in [2.75, 3.05) is 5.32 Å². The van der Waals surface area contributed by atoms with Crippen molar-refractivity contribution < 1.29 is 14.4 Å². The number of amides is 1. The van der Waals surface area contributed by atoms with Gasteiger partial charge in [0.05, 0.1) is 5.69 Å². The van der Waals surface area contributed by atoms with Crippen molar-refractivity contribution in [1.82, 2.24) is 0 Å². The van der Waals surface area contributed by atoms with Crippen molar-refractivity contribution in [3.05, 3.63) is 42.0 Å². The monoisotopic (exact) mass is 231 g/mol. The topological polar surface area (TPSA) is 63.2 Å². The van der Waals surface area contributed by atoms with E-state index in [2.05, 4.69) is 5.32 Å². The number of allylic oxidation sites excluding steroid dienone is 2. The summed E-state index contributed by atoms with van der Waals surface area (Å²) in [6.07, 6.45) is 2.40. The Balaban J connectivity index is 3.00. The molecule has 0 heterocycles. The molecule has 0 atom stereocenters. The third-order valence-electron chi connectivity index (χ3n) is 1.97. The SMILES string of the molecule is CC(=O)/C=C/C(=O)c1ccccc1NC(C)=O. The van der Waals surface area contributed by atoms with Crippen LogP contribution in [-0.4, -0.2) is 17.5 Å². The highest BCUT2D eigenvalue weighted by Gasteiger charge is 2.08. The van der Waals surface area contributed by atoms with Crippen molar-refractivity contribution >= 4 is 23.2 Å². The Morgan fingerprint density at radius 2 is 1.71 bits per heavy atom. The first-order valence-corrected chi connectivity index (χ1v) is 5.10. The van der Waals surface area contributed by atoms with Crippen molar-refractivity contribution in [3.8, 4) is 0 Å². The predicted molar refractivity (Wildman–Crippen MR) is 64.9 cm³/mol. The lowest BCUT2D eigenvalue weighted by atomic mass is 10.1. The Labute approximate surface area is 99.3 Å². The predicted octanol–water partition coefficient (Wildman–Crippen LogP) is 1.97. The lowest BCUT2D eigenvalue weighted by Crippen LogP contribution is -2.10. The number of benzene rings is 1. The van der Waals surface area contributed by atoms with Crippen molar-refractivity contribution in [3.63, 3.8) is 0 Å². The van der Waals surface area contributed by atoms with E-state index in [4.69, 9.17) is 0 Å². The molecule has 0 aliphatic carbocycles. The molecular weight excluding hydrogens is 218 g/mol. The number of hydrogen-bond acceptors (Lipinski definition) is 3. The molecule has 0 saturated carbocycles. The molecule has 1 aromatic rings. The zero-order chi connectivity index (χ0) is 12.8. The van der Waals surface area contributed by atoms with Gasteiger partial charge in [-0.3, -0.25) is 14.4 Å². The van der Waals surface area contributed by atoms with Crippen LogP contribution in [0.2, 0.25) is 0 Å². The molecule has 4 heteroatoms. The van der Waals surface area contributed by atoms with Crippen LogP contribution in [0.5, 0.6) is 0 Å². The molecule has 88 valence electrons. The molecule has 0 fully saturated rings. The van der Waals surface area contributed by atoms with E-state index in [0.29, 0.717) is 11.3 Å². The number of para-hydroxylation sites is 1. The van der Waals surface area contributed by atoms with Gasteiger partial charge in [0.2, 0.25) is 5.91 Å². The molecule has 0 saturated heterocycles. The Hall–Kier alpha value is -2.23. The van der Waals surface area contributed by atoms with Gasteiger partial charge in [-0.05, 0) is 31.2 Å². The third-order valence-corrected chi connectivity index (χ3v) is 1.97. The van der Waals surface area contributed by atoms with Gasteiger partial charge in [0.25, 0.3) is 0 Å². The minimum Gasteiger partial charge on any atom is -0.326 e. The molecule has 0 aliphatic rings. The van der Waals surface area contributed by atoms with Crippen LogP contribution < -0.4 is 5.32 Å². The van der Waals surface area contributed by atoms with Crippen LogP contribution in [0.25, 0.3) is 0 Å². The number of ketones is 2. The van der Waals surface area contributed by atoms with Gasteiger partial charge in [0.15, 0.2) is 11.6 Å². The van der Waals surface area contributed by atoms with Crippen LogP contribution in [0.4, 0.5) is 5.69 Å². The minimum absolute atomic E-state index is 0.199. The molecule has 17 heavy (non-hydrogen) atoms. The first kappa shape index (κ1) is 12.8. The summed E-state index contributed by atoms with van der Waals surface area (Å²) in [5.74, 6) is -0.763. The second kappa shape index (κ2) is 5.75. The van der Waals surface area contributed by atoms with E-state index in [9.17, 15) is 14.4 Å². The van der Waals surface area contributed by atoms with E-state index < -0.39 is 0 Å². The van der Waals surface area contributed by atoms with Crippen LogP contribution >= 0.6 is 0 Å². The third kappa shape index (κ3) is 4.03. The largest absolute Gasteiger partial charge is 0.326 e. The first-order chi connectivity index (χ1) is 8.00. The molecule has 1 rings (SSSR count). The van der Waals surface area contributed by atoms with E-state index in [-0.39, 0.29) is 17.5 Å². The van der Waals surface area contributed by atoms with Gasteiger partial charge < -0.3 is 5.32 Å². The number of hydrogen-bond donors (Lipinski definition) is 1. The molecule has 1 N–H and O–H groups in total. The highest BCUT2D eigenvalue weighted by Crippen LogP contribution is 2.16. The Bertz CT molecular complexity index is 489. The minimum atomic E-state index is -0.315. The van der Waals surface area contributed by atoms with Crippen LogP contribution in [0.15, 0.2) is 36.4 Å². The van der Waals surface area contributed by atoms with E-state index in [1.165, 1.54) is 26.0 Å². The number of nitrogens with one attached hydrogen (secondary N) is 1. The average Bonchev–Trinajstić information content (AvgIpc) is 2.25. The lowest BCUT2D eigenvalue weighted by Gasteiger charge is -2.06. The quantitative estimate of drug-likeness (QED) is 0.636. The van der Waals surface area contributed by atoms with Gasteiger partial charge in [0, 0.05) is 12.5 Å². The fraction of sp³-hybridized carbons (Fsp3) is 0.154. The lowest BCUT2D eigenvalue weighted by molar-refractivity contribution is -0.114. The maximum absolute atomic E-state index is 11.8. The normalized spacial score (nSPS) is 10.2. The number of anilines is 1. The second-order valence-corrected chi connectivity index (χ2v) is 3.54. The molecule has 4 nitrogen and oxygen atoms in total. The summed E-state index contributed by atoms with van der Waals surface area (Å²) in [5.41, 5.74) is 0.804. The first-order valence-electron chi connectivity index (χ1n) is 5.10. The van der Waals surface area contributed by atoms with Gasteiger partial charge in [-0.2, -0.15) is 0 Å². The Morgan fingerprint density at radius 3 is 2.29 bits per heavy atom. The Kier molecular flexibility index (Phi) is 4.34. The Morgan fingerprint density at radius 1 is 1.06 bits per heavy atom. The van der Waals surface area contributed by atoms with E-state index in [1.54, 1.807) is 24.3 Å². The van der Waals surface area contributed by atoms with E-state index in [0.717, 1.165) is 0 Å². The molecule has 0 bridgehead atoms. The maximum Gasteiger partial charge on any atom is 0.221 e. The zero-order valence-corrected chi connectivity index (χ0v) is 9.69. The summed E-state index contributed by atoms with van der Waals surface area (Å²) in [4.78, 5) is 33.5. The molecule has 0 unspecified atom stereocenters. The van der Waals surface area contributed by atoms with Gasteiger partial charge in [-0.25, -0.2) is 0 Å². The average molecular weight is 231 g/mol. The van der Waals surface area contributed by atoms with Crippen molar-refractivity contribution in [1.29, 1.82) is 0 Å².